The van der Waals surface area contributed by atoms with Crippen molar-refractivity contribution in [3.05, 3.63) is 23.2 Å². The summed E-state index contributed by atoms with van der Waals surface area (Å²) in [4.78, 5) is 44.7. The summed E-state index contributed by atoms with van der Waals surface area (Å²) < 4.78 is 5.42. The minimum atomic E-state index is -0.620. The predicted molar refractivity (Wildman–Crippen MR) is 142 cm³/mol. The number of methoxy groups -OCH3 is 1. The van der Waals surface area contributed by atoms with E-state index in [1.54, 1.807) is 0 Å². The fraction of sp³-hybridized carbons (Fsp3) is 0.812. The molecular weight excluding hydrogens is 462 g/mol. The van der Waals surface area contributed by atoms with Crippen molar-refractivity contribution in [1.82, 2.24) is 0 Å². The molecule has 4 fully saturated rings. The molecule has 5 aliphatic carbocycles. The van der Waals surface area contributed by atoms with Crippen LogP contribution in [0.15, 0.2) is 11.8 Å². The lowest BCUT2D eigenvalue weighted by atomic mass is 9.31. The number of nitrogens with zero attached hydrogens (tertiary/aromatic N) is 1. The summed E-state index contributed by atoms with van der Waals surface area (Å²) >= 11 is 0. The van der Waals surface area contributed by atoms with Crippen molar-refractivity contribution in [2.45, 2.75) is 99.8 Å². The summed E-state index contributed by atoms with van der Waals surface area (Å²) in [7, 11) is 1.50. The molecule has 5 heteroatoms. The van der Waals surface area contributed by atoms with Gasteiger partial charge in [0.15, 0.2) is 5.78 Å². The zero-order valence-electron chi connectivity index (χ0n) is 24.1. The molecule has 5 rings (SSSR count). The van der Waals surface area contributed by atoms with Gasteiger partial charge in [0.2, 0.25) is 5.70 Å². The third-order valence-corrected chi connectivity index (χ3v) is 13.0. The quantitative estimate of drug-likeness (QED) is 0.289. The van der Waals surface area contributed by atoms with Crippen LogP contribution in [-0.2, 0) is 19.1 Å². The molecule has 0 aromatic heterocycles. The molecule has 0 radical (unpaired) electrons. The summed E-state index contributed by atoms with van der Waals surface area (Å²) in [6.07, 6.45) is 8.57. The van der Waals surface area contributed by atoms with Crippen molar-refractivity contribution < 1.29 is 19.1 Å². The molecule has 0 aliphatic heterocycles. The van der Waals surface area contributed by atoms with Crippen LogP contribution >= 0.6 is 0 Å². The maximum Gasteiger partial charge on any atom is 0.312 e. The summed E-state index contributed by atoms with van der Waals surface area (Å²) in [5.41, 5.74) is -1.61. The number of ether oxygens (including phenoxy) is 1. The predicted octanol–water partition coefficient (Wildman–Crippen LogP) is 6.81. The van der Waals surface area contributed by atoms with Crippen LogP contribution in [0.4, 0.5) is 0 Å². The minimum absolute atomic E-state index is 0.00280. The van der Waals surface area contributed by atoms with Crippen LogP contribution < -0.4 is 0 Å². The average Bonchev–Trinajstić information content (AvgIpc) is 2.82. The Morgan fingerprint density at radius 2 is 1.59 bits per heavy atom. The molecule has 4 saturated carbocycles. The first kappa shape index (κ1) is 26.6. The average molecular weight is 508 g/mol. The lowest BCUT2D eigenvalue weighted by molar-refractivity contribution is -0.226. The van der Waals surface area contributed by atoms with Crippen LogP contribution in [0, 0.1) is 62.7 Å². The van der Waals surface area contributed by atoms with Gasteiger partial charge < -0.3 is 9.53 Å². The third-order valence-electron chi connectivity index (χ3n) is 13.0. The first-order valence-electron chi connectivity index (χ1n) is 14.3. The lowest BCUT2D eigenvalue weighted by Gasteiger charge is -2.71. The van der Waals surface area contributed by atoms with Crippen LogP contribution in [-0.4, -0.2) is 24.6 Å². The number of allylic oxidation sites excluding steroid dienone is 2. The Morgan fingerprint density at radius 3 is 2.22 bits per heavy atom. The number of carbonyl (C=O) groups is 3. The maximum atomic E-state index is 14.4. The molecule has 202 valence electrons. The second-order valence-electron chi connectivity index (χ2n) is 15.3. The van der Waals surface area contributed by atoms with E-state index in [9.17, 15) is 14.4 Å². The number of Topliss-reactive ketones (excluding diaryl/α,β-unsaturated/α-hetero) is 2. The molecule has 0 bridgehead atoms. The van der Waals surface area contributed by atoms with Crippen LogP contribution in [0.1, 0.15) is 99.8 Å². The normalized spacial score (nSPS) is 47.8. The van der Waals surface area contributed by atoms with E-state index in [0.29, 0.717) is 6.42 Å². The fourth-order valence-corrected chi connectivity index (χ4v) is 10.8. The Kier molecular flexibility index (Phi) is 5.61. The Bertz CT molecular complexity index is 1140. The standard InChI is InChI=1S/C32H45NO4/c1-27(2)12-14-32(26(36)37-9)15-13-31(7)24(19(32)17-27)21(34)16-23-29(5)18-20(33-8)25(35)28(3,4)22(29)10-11-30(23,31)6/h18-19,22-24H,10-17H2,1-7,9H3/t19-,22-,23?,24-,29-,30+,31+,32-/m0/s1. The molecule has 0 aromatic rings. The summed E-state index contributed by atoms with van der Waals surface area (Å²) in [6.45, 7) is 23.3. The highest BCUT2D eigenvalue weighted by atomic mass is 16.5. The van der Waals surface area contributed by atoms with Crippen molar-refractivity contribution in [2.75, 3.05) is 7.11 Å². The Hall–Kier alpha value is -1.96. The van der Waals surface area contributed by atoms with Crippen molar-refractivity contribution in [3.63, 3.8) is 0 Å². The van der Waals surface area contributed by atoms with E-state index < -0.39 is 16.2 Å². The van der Waals surface area contributed by atoms with Crippen molar-refractivity contribution in [2.24, 2.45) is 56.2 Å². The number of hydrogen-bond donors (Lipinski definition) is 0. The van der Waals surface area contributed by atoms with Gasteiger partial charge in [-0.15, -0.1) is 0 Å². The van der Waals surface area contributed by atoms with E-state index in [1.165, 1.54) is 7.11 Å². The molecule has 0 amide bonds. The Labute approximate surface area is 223 Å². The zero-order chi connectivity index (χ0) is 27.4. The number of esters is 1. The van der Waals surface area contributed by atoms with Gasteiger partial charge in [-0.2, -0.15) is 0 Å². The van der Waals surface area contributed by atoms with Crippen LogP contribution in [0.5, 0.6) is 0 Å². The number of ketones is 2. The highest BCUT2D eigenvalue weighted by Crippen LogP contribution is 2.75. The summed E-state index contributed by atoms with van der Waals surface area (Å²) in [6, 6.07) is 0. The fourth-order valence-electron chi connectivity index (χ4n) is 10.8. The molecule has 0 N–H and O–H groups in total. The molecule has 8 atom stereocenters. The van der Waals surface area contributed by atoms with E-state index in [0.717, 1.165) is 44.9 Å². The molecule has 1 unspecified atom stereocenters. The van der Waals surface area contributed by atoms with Crippen molar-refractivity contribution >= 4 is 17.5 Å². The van der Waals surface area contributed by atoms with Gasteiger partial charge in [-0.25, -0.2) is 4.85 Å². The lowest BCUT2D eigenvalue weighted by Crippen LogP contribution is -2.69. The van der Waals surface area contributed by atoms with Crippen molar-refractivity contribution in [3.8, 4) is 0 Å². The van der Waals surface area contributed by atoms with E-state index in [1.807, 2.05) is 19.9 Å². The molecule has 37 heavy (non-hydrogen) atoms. The Balaban J connectivity index is 1.65. The highest BCUT2D eigenvalue weighted by Gasteiger charge is 2.73. The molecular formula is C32H45NO4. The van der Waals surface area contributed by atoms with E-state index in [-0.39, 0.29) is 63.1 Å². The van der Waals surface area contributed by atoms with Crippen LogP contribution in [0.3, 0.4) is 0 Å². The van der Waals surface area contributed by atoms with E-state index in [4.69, 9.17) is 11.3 Å². The molecule has 5 nitrogen and oxygen atoms in total. The summed E-state index contributed by atoms with van der Waals surface area (Å²) in [5, 5.41) is 0. The van der Waals surface area contributed by atoms with Gasteiger partial charge in [-0.05, 0) is 84.4 Å². The third kappa shape index (κ3) is 3.17. The molecule has 0 aromatic carbocycles. The smallest absolute Gasteiger partial charge is 0.312 e. The minimum Gasteiger partial charge on any atom is -0.469 e. The van der Waals surface area contributed by atoms with Gasteiger partial charge in [-0.1, -0.05) is 54.5 Å². The van der Waals surface area contributed by atoms with Gasteiger partial charge in [0, 0.05) is 17.8 Å². The van der Waals surface area contributed by atoms with Gasteiger partial charge in [-0.3, -0.25) is 9.59 Å². The van der Waals surface area contributed by atoms with Crippen molar-refractivity contribution in [1.29, 1.82) is 0 Å². The SMILES string of the molecule is [C-]#[N+]C1=C[C@]2(C)C3CC(=O)[C@@H]4[C@@H]5CC(C)(C)CC[C@]5(C(=O)OC)CC[C@@]4(C)[C@]3(C)CC[C@H]2C(C)(C)C1=O. The van der Waals surface area contributed by atoms with Gasteiger partial charge >= 0.3 is 5.97 Å². The molecule has 5 aliphatic rings. The molecule has 0 heterocycles. The number of carbonyl (C=O) groups excluding carboxylic acids is 3. The number of rotatable bonds is 1. The van der Waals surface area contributed by atoms with Crippen LogP contribution in [0.2, 0.25) is 0 Å². The molecule has 0 spiro atoms. The largest absolute Gasteiger partial charge is 0.469 e. The number of hydrogen-bond acceptors (Lipinski definition) is 4. The number of fused-ring (bicyclic) bond motifs is 7. The maximum absolute atomic E-state index is 14.4. The second kappa shape index (κ2) is 7.80. The first-order chi connectivity index (χ1) is 17.0. The van der Waals surface area contributed by atoms with Gasteiger partial charge in [0.1, 0.15) is 5.78 Å². The van der Waals surface area contributed by atoms with Gasteiger partial charge in [0.25, 0.3) is 0 Å². The van der Waals surface area contributed by atoms with E-state index >= 15 is 0 Å². The second-order valence-corrected chi connectivity index (χ2v) is 15.3. The first-order valence-corrected chi connectivity index (χ1v) is 14.3. The molecule has 0 saturated heterocycles. The van der Waals surface area contributed by atoms with Gasteiger partial charge in [0.05, 0.1) is 19.1 Å². The zero-order valence-corrected chi connectivity index (χ0v) is 24.1. The topological polar surface area (TPSA) is 64.8 Å². The van der Waals surface area contributed by atoms with E-state index in [2.05, 4.69) is 39.5 Å². The van der Waals surface area contributed by atoms with Crippen LogP contribution in [0.25, 0.3) is 4.85 Å². The monoisotopic (exact) mass is 507 g/mol. The highest BCUT2D eigenvalue weighted by molar-refractivity contribution is 6.02. The Morgan fingerprint density at radius 1 is 0.946 bits per heavy atom. The summed E-state index contributed by atoms with van der Waals surface area (Å²) in [5.74, 6) is 0.123.